The van der Waals surface area contributed by atoms with E-state index in [4.69, 9.17) is 9.47 Å². The summed E-state index contributed by atoms with van der Waals surface area (Å²) in [4.78, 5) is 41.2. The molecule has 1 fully saturated rings. The van der Waals surface area contributed by atoms with Crippen LogP contribution in [0.1, 0.15) is 18.4 Å². The summed E-state index contributed by atoms with van der Waals surface area (Å²) in [6.45, 7) is 2.55. The highest BCUT2D eigenvalue weighted by atomic mass is 16.5. The number of para-hydroxylation sites is 2. The minimum Gasteiger partial charge on any atom is -0.495 e. The molecule has 0 spiro atoms. The molecule has 8 heteroatoms. The van der Waals surface area contributed by atoms with Crippen molar-refractivity contribution in [1.29, 1.82) is 0 Å². The topological polar surface area (TPSA) is 88.2 Å². The molecule has 2 aromatic carbocycles. The van der Waals surface area contributed by atoms with E-state index in [1.165, 1.54) is 7.11 Å². The van der Waals surface area contributed by atoms with Crippen molar-refractivity contribution in [1.82, 2.24) is 10.2 Å². The number of piperazine rings is 1. The van der Waals surface area contributed by atoms with E-state index in [0.717, 1.165) is 17.0 Å². The van der Waals surface area contributed by atoms with E-state index in [1.54, 1.807) is 12.0 Å². The summed E-state index contributed by atoms with van der Waals surface area (Å²) in [5.41, 5.74) is 1.93. The Bertz CT molecular complexity index is 942. The largest absolute Gasteiger partial charge is 0.495 e. The van der Waals surface area contributed by atoms with Crippen molar-refractivity contribution in [3.63, 3.8) is 0 Å². The molecule has 0 aliphatic carbocycles. The Morgan fingerprint density at radius 1 is 0.909 bits per heavy atom. The first-order valence-corrected chi connectivity index (χ1v) is 11.1. The number of carbonyl (C=O) groups is 3. The molecular weight excluding hydrogens is 422 g/mol. The SMILES string of the molecule is COC(=O)[C@@H](Cc1ccccc1)NC(=O)CCC(=O)N1CCN(c2ccccc2OC)CC1. The quantitative estimate of drug-likeness (QED) is 0.585. The van der Waals surface area contributed by atoms with Crippen molar-refractivity contribution in [3.05, 3.63) is 60.2 Å². The van der Waals surface area contributed by atoms with Gasteiger partial charge in [-0.25, -0.2) is 4.79 Å². The number of anilines is 1. The van der Waals surface area contributed by atoms with Crippen molar-refractivity contribution in [2.45, 2.75) is 25.3 Å². The van der Waals surface area contributed by atoms with Crippen LogP contribution in [0.15, 0.2) is 54.6 Å². The zero-order valence-corrected chi connectivity index (χ0v) is 19.2. The van der Waals surface area contributed by atoms with E-state index < -0.39 is 12.0 Å². The second-order valence-corrected chi connectivity index (χ2v) is 7.87. The van der Waals surface area contributed by atoms with E-state index in [-0.39, 0.29) is 24.7 Å². The maximum atomic E-state index is 12.6. The van der Waals surface area contributed by atoms with Crippen LogP contribution >= 0.6 is 0 Å². The number of hydrogen-bond donors (Lipinski definition) is 1. The summed E-state index contributed by atoms with van der Waals surface area (Å²) >= 11 is 0. The lowest BCUT2D eigenvalue weighted by atomic mass is 10.1. The van der Waals surface area contributed by atoms with E-state index in [9.17, 15) is 14.4 Å². The highest BCUT2D eigenvalue weighted by Gasteiger charge is 2.25. The van der Waals surface area contributed by atoms with E-state index in [0.29, 0.717) is 32.6 Å². The third-order valence-electron chi connectivity index (χ3n) is 5.73. The summed E-state index contributed by atoms with van der Waals surface area (Å²) < 4.78 is 10.3. The van der Waals surface area contributed by atoms with Gasteiger partial charge in [0.05, 0.1) is 19.9 Å². The molecule has 1 atom stereocenters. The Labute approximate surface area is 194 Å². The number of nitrogens with zero attached hydrogens (tertiary/aromatic N) is 2. The predicted molar refractivity (Wildman–Crippen MR) is 125 cm³/mol. The van der Waals surface area contributed by atoms with E-state index in [1.807, 2.05) is 54.6 Å². The zero-order valence-electron chi connectivity index (χ0n) is 19.2. The Balaban J connectivity index is 1.47. The molecular formula is C25H31N3O5. The van der Waals surface area contributed by atoms with Gasteiger partial charge in [0.1, 0.15) is 11.8 Å². The first kappa shape index (κ1) is 24.1. The van der Waals surface area contributed by atoms with Gasteiger partial charge in [0.2, 0.25) is 11.8 Å². The molecule has 3 rings (SSSR count). The van der Waals surface area contributed by atoms with Crippen LogP contribution in [0.5, 0.6) is 5.75 Å². The molecule has 8 nitrogen and oxygen atoms in total. The summed E-state index contributed by atoms with van der Waals surface area (Å²) in [7, 11) is 2.94. The van der Waals surface area contributed by atoms with Gasteiger partial charge < -0.3 is 24.6 Å². The lowest BCUT2D eigenvalue weighted by Gasteiger charge is -2.36. The van der Waals surface area contributed by atoms with Gasteiger partial charge in [0, 0.05) is 45.4 Å². The minimum atomic E-state index is -0.788. The predicted octanol–water partition coefficient (Wildman–Crippen LogP) is 2.02. The Kier molecular flexibility index (Phi) is 8.69. The number of rotatable bonds is 9. The highest BCUT2D eigenvalue weighted by Crippen LogP contribution is 2.28. The Morgan fingerprint density at radius 2 is 1.58 bits per heavy atom. The molecule has 1 aliphatic rings. The lowest BCUT2D eigenvalue weighted by molar-refractivity contribution is -0.145. The molecule has 2 aromatic rings. The fourth-order valence-electron chi connectivity index (χ4n) is 3.92. The first-order valence-electron chi connectivity index (χ1n) is 11.1. The average Bonchev–Trinajstić information content (AvgIpc) is 2.87. The molecule has 0 aromatic heterocycles. The first-order chi connectivity index (χ1) is 16.0. The van der Waals surface area contributed by atoms with Gasteiger partial charge in [-0.3, -0.25) is 9.59 Å². The third-order valence-corrected chi connectivity index (χ3v) is 5.73. The normalized spacial score (nSPS) is 14.4. The summed E-state index contributed by atoms with van der Waals surface area (Å²) in [5, 5.41) is 2.71. The van der Waals surface area contributed by atoms with Gasteiger partial charge in [0.25, 0.3) is 0 Å². The van der Waals surface area contributed by atoms with Crippen LogP contribution in [0, 0.1) is 0 Å². The molecule has 1 N–H and O–H groups in total. The minimum absolute atomic E-state index is 0.0217. The number of ether oxygens (including phenoxy) is 2. The number of nitrogens with one attached hydrogen (secondary N) is 1. The standard InChI is InChI=1S/C25H31N3O5/c1-32-22-11-7-6-10-21(22)27-14-16-28(17-15-27)24(30)13-12-23(29)26-20(25(31)33-2)18-19-8-4-3-5-9-19/h3-11,20H,12-18H2,1-2H3,(H,26,29)/t20-/m1/s1. The van der Waals surface area contributed by atoms with Crippen molar-refractivity contribution in [2.24, 2.45) is 0 Å². The molecule has 1 saturated heterocycles. The van der Waals surface area contributed by atoms with Gasteiger partial charge in [0.15, 0.2) is 0 Å². The van der Waals surface area contributed by atoms with Crippen LogP contribution in [0.25, 0.3) is 0 Å². The monoisotopic (exact) mass is 453 g/mol. The van der Waals surface area contributed by atoms with Gasteiger partial charge in [-0.2, -0.15) is 0 Å². The molecule has 176 valence electrons. The van der Waals surface area contributed by atoms with Crippen molar-refractivity contribution < 1.29 is 23.9 Å². The molecule has 0 radical (unpaired) electrons. The Morgan fingerprint density at radius 3 is 2.24 bits per heavy atom. The second-order valence-electron chi connectivity index (χ2n) is 7.87. The maximum Gasteiger partial charge on any atom is 0.328 e. The molecule has 0 saturated carbocycles. The van der Waals surface area contributed by atoms with Crippen molar-refractivity contribution >= 4 is 23.5 Å². The van der Waals surface area contributed by atoms with Crippen LogP contribution in [0.4, 0.5) is 5.69 Å². The van der Waals surface area contributed by atoms with Gasteiger partial charge in [-0.05, 0) is 17.7 Å². The third kappa shape index (κ3) is 6.71. The fraction of sp³-hybridized carbons (Fsp3) is 0.400. The van der Waals surface area contributed by atoms with Crippen LogP contribution in [0.2, 0.25) is 0 Å². The van der Waals surface area contributed by atoms with Gasteiger partial charge in [-0.1, -0.05) is 42.5 Å². The molecule has 0 unspecified atom stereocenters. The van der Waals surface area contributed by atoms with Crippen molar-refractivity contribution in [3.8, 4) is 5.75 Å². The summed E-state index contributed by atoms with van der Waals surface area (Å²) in [6.07, 6.45) is 0.450. The van der Waals surface area contributed by atoms with Gasteiger partial charge in [-0.15, -0.1) is 0 Å². The summed E-state index contributed by atoms with van der Waals surface area (Å²) in [6, 6.07) is 16.4. The van der Waals surface area contributed by atoms with Crippen molar-refractivity contribution in [2.75, 3.05) is 45.3 Å². The number of hydrogen-bond acceptors (Lipinski definition) is 6. The number of carbonyl (C=O) groups excluding carboxylic acids is 3. The van der Waals surface area contributed by atoms with Gasteiger partial charge >= 0.3 is 5.97 Å². The smallest absolute Gasteiger partial charge is 0.328 e. The average molecular weight is 454 g/mol. The van der Waals surface area contributed by atoms with Crippen LogP contribution in [-0.2, 0) is 25.5 Å². The van der Waals surface area contributed by atoms with E-state index in [2.05, 4.69) is 10.2 Å². The zero-order chi connectivity index (χ0) is 23.6. The van der Waals surface area contributed by atoms with Crippen LogP contribution < -0.4 is 15.0 Å². The Hall–Kier alpha value is -3.55. The second kappa shape index (κ2) is 11.9. The van der Waals surface area contributed by atoms with Crippen LogP contribution in [0.3, 0.4) is 0 Å². The molecule has 1 aliphatic heterocycles. The maximum absolute atomic E-state index is 12.6. The molecule has 1 heterocycles. The molecule has 33 heavy (non-hydrogen) atoms. The fourth-order valence-corrected chi connectivity index (χ4v) is 3.92. The van der Waals surface area contributed by atoms with E-state index >= 15 is 0 Å². The number of methoxy groups -OCH3 is 2. The number of esters is 1. The number of benzene rings is 2. The van der Waals surface area contributed by atoms with Crippen LogP contribution in [-0.4, -0.2) is 69.1 Å². The summed E-state index contributed by atoms with van der Waals surface area (Å²) in [5.74, 6) is -0.111. The lowest BCUT2D eigenvalue weighted by Crippen LogP contribution is -2.49. The highest BCUT2D eigenvalue weighted by molar-refractivity contribution is 5.87. The number of amides is 2. The molecule has 0 bridgehead atoms. The molecule has 2 amide bonds.